The van der Waals surface area contributed by atoms with Gasteiger partial charge in [0.2, 0.25) is 0 Å². The summed E-state index contributed by atoms with van der Waals surface area (Å²) in [5, 5.41) is 0. The fourth-order valence-corrected chi connectivity index (χ4v) is 3.49. The molecule has 1 aliphatic heterocycles. The van der Waals surface area contributed by atoms with Gasteiger partial charge in [-0.25, -0.2) is 0 Å². The SMILES string of the molecule is CCCOCc1cc(C(=O)N2CCN(c3ccc(OC)cc3)CC2)ccc1OC. The van der Waals surface area contributed by atoms with Crippen LogP contribution in [0.1, 0.15) is 29.3 Å². The summed E-state index contributed by atoms with van der Waals surface area (Å²) in [6, 6.07) is 13.6. The molecule has 0 unspecified atom stereocenters. The van der Waals surface area contributed by atoms with Crippen LogP contribution in [0.5, 0.6) is 11.5 Å². The summed E-state index contributed by atoms with van der Waals surface area (Å²) < 4.78 is 16.3. The molecule has 6 nitrogen and oxygen atoms in total. The molecule has 29 heavy (non-hydrogen) atoms. The molecule has 1 fully saturated rings. The van der Waals surface area contributed by atoms with Gasteiger partial charge in [-0.05, 0) is 48.9 Å². The number of ether oxygens (including phenoxy) is 3. The highest BCUT2D eigenvalue weighted by Crippen LogP contribution is 2.24. The topological polar surface area (TPSA) is 51.2 Å². The fraction of sp³-hybridized carbons (Fsp3) is 0.435. The average molecular weight is 399 g/mol. The van der Waals surface area contributed by atoms with Gasteiger partial charge in [0, 0.05) is 49.6 Å². The summed E-state index contributed by atoms with van der Waals surface area (Å²) in [6.07, 6.45) is 0.958. The van der Waals surface area contributed by atoms with E-state index in [9.17, 15) is 4.79 Å². The number of piperazine rings is 1. The van der Waals surface area contributed by atoms with E-state index >= 15 is 0 Å². The van der Waals surface area contributed by atoms with E-state index < -0.39 is 0 Å². The Morgan fingerprint density at radius 2 is 1.69 bits per heavy atom. The van der Waals surface area contributed by atoms with E-state index in [1.165, 1.54) is 0 Å². The van der Waals surface area contributed by atoms with Crippen LogP contribution in [0, 0.1) is 0 Å². The Hall–Kier alpha value is -2.73. The van der Waals surface area contributed by atoms with Gasteiger partial charge >= 0.3 is 0 Å². The molecule has 1 aliphatic rings. The van der Waals surface area contributed by atoms with Crippen molar-refractivity contribution in [1.82, 2.24) is 4.90 Å². The number of carbonyl (C=O) groups is 1. The normalized spacial score (nSPS) is 14.0. The van der Waals surface area contributed by atoms with E-state index in [4.69, 9.17) is 14.2 Å². The Kier molecular flexibility index (Phi) is 7.36. The summed E-state index contributed by atoms with van der Waals surface area (Å²) in [5.41, 5.74) is 2.74. The predicted octanol–water partition coefficient (Wildman–Crippen LogP) is 3.59. The highest BCUT2D eigenvalue weighted by molar-refractivity contribution is 5.94. The third kappa shape index (κ3) is 5.21. The molecule has 6 heteroatoms. The summed E-state index contributed by atoms with van der Waals surface area (Å²) in [6.45, 7) is 6.21. The van der Waals surface area contributed by atoms with E-state index in [1.807, 2.05) is 35.2 Å². The molecule has 156 valence electrons. The second kappa shape index (κ2) is 10.2. The molecule has 0 bridgehead atoms. The minimum Gasteiger partial charge on any atom is -0.497 e. The molecule has 1 amide bonds. The maximum atomic E-state index is 13.0. The third-order valence-corrected chi connectivity index (χ3v) is 5.14. The maximum Gasteiger partial charge on any atom is 0.253 e. The second-order valence-corrected chi connectivity index (χ2v) is 7.06. The molecule has 1 saturated heterocycles. The van der Waals surface area contributed by atoms with Crippen LogP contribution < -0.4 is 14.4 Å². The lowest BCUT2D eigenvalue weighted by Gasteiger charge is -2.36. The van der Waals surface area contributed by atoms with Gasteiger partial charge in [0.25, 0.3) is 5.91 Å². The van der Waals surface area contributed by atoms with Gasteiger partial charge in [0.15, 0.2) is 0 Å². The Balaban J connectivity index is 1.63. The number of amides is 1. The van der Waals surface area contributed by atoms with Crippen LogP contribution in [0.3, 0.4) is 0 Å². The van der Waals surface area contributed by atoms with Gasteiger partial charge in [-0.15, -0.1) is 0 Å². The first kappa shape index (κ1) is 21.0. The highest BCUT2D eigenvalue weighted by Gasteiger charge is 2.23. The zero-order valence-electron chi connectivity index (χ0n) is 17.5. The van der Waals surface area contributed by atoms with Gasteiger partial charge in [-0.3, -0.25) is 4.79 Å². The molecule has 0 aliphatic carbocycles. The van der Waals surface area contributed by atoms with Crippen LogP contribution in [-0.4, -0.2) is 57.8 Å². The molecule has 2 aromatic carbocycles. The Morgan fingerprint density at radius 1 is 0.966 bits per heavy atom. The van der Waals surface area contributed by atoms with Crippen LogP contribution in [0.15, 0.2) is 42.5 Å². The summed E-state index contributed by atoms with van der Waals surface area (Å²) in [4.78, 5) is 17.2. The van der Waals surface area contributed by atoms with E-state index in [-0.39, 0.29) is 5.91 Å². The number of hydrogen-bond acceptors (Lipinski definition) is 5. The monoisotopic (exact) mass is 398 g/mol. The highest BCUT2D eigenvalue weighted by atomic mass is 16.5. The lowest BCUT2D eigenvalue weighted by Crippen LogP contribution is -2.48. The first-order chi connectivity index (χ1) is 14.2. The quantitative estimate of drug-likeness (QED) is 0.636. The zero-order chi connectivity index (χ0) is 20.6. The first-order valence-corrected chi connectivity index (χ1v) is 10.1. The minimum atomic E-state index is 0.0544. The summed E-state index contributed by atoms with van der Waals surface area (Å²) >= 11 is 0. The number of benzene rings is 2. The van der Waals surface area contributed by atoms with Crippen LogP contribution in [0.4, 0.5) is 5.69 Å². The Bertz CT molecular complexity index is 799. The molecular weight excluding hydrogens is 368 g/mol. The van der Waals surface area contributed by atoms with Gasteiger partial charge in [0.1, 0.15) is 11.5 Å². The van der Waals surface area contributed by atoms with E-state index in [0.717, 1.165) is 42.3 Å². The Labute approximate surface area is 173 Å². The van der Waals surface area contributed by atoms with Crippen molar-refractivity contribution in [3.05, 3.63) is 53.6 Å². The van der Waals surface area contributed by atoms with Gasteiger partial charge in [-0.2, -0.15) is 0 Å². The zero-order valence-corrected chi connectivity index (χ0v) is 17.5. The average Bonchev–Trinajstić information content (AvgIpc) is 2.79. The molecule has 2 aromatic rings. The number of rotatable bonds is 8. The van der Waals surface area contributed by atoms with Crippen molar-refractivity contribution in [2.75, 3.05) is 51.9 Å². The Morgan fingerprint density at radius 3 is 2.31 bits per heavy atom. The molecular formula is C23H30N2O4. The van der Waals surface area contributed by atoms with Crippen LogP contribution >= 0.6 is 0 Å². The standard InChI is InChI=1S/C23H30N2O4/c1-4-15-29-17-19-16-18(5-10-22(19)28-3)23(26)25-13-11-24(12-14-25)20-6-8-21(27-2)9-7-20/h5-10,16H,4,11-15,17H2,1-3H3. The second-order valence-electron chi connectivity index (χ2n) is 7.06. The predicted molar refractivity (Wildman–Crippen MR) is 114 cm³/mol. The molecule has 0 spiro atoms. The molecule has 0 radical (unpaired) electrons. The van der Waals surface area contributed by atoms with Crippen LogP contribution in [0.2, 0.25) is 0 Å². The van der Waals surface area contributed by atoms with Crippen molar-refractivity contribution in [3.63, 3.8) is 0 Å². The fourth-order valence-electron chi connectivity index (χ4n) is 3.49. The molecule has 0 atom stereocenters. The number of nitrogens with zero attached hydrogens (tertiary/aromatic N) is 2. The maximum absolute atomic E-state index is 13.0. The summed E-state index contributed by atoms with van der Waals surface area (Å²) in [7, 11) is 3.30. The number of carbonyl (C=O) groups excluding carboxylic acids is 1. The lowest BCUT2D eigenvalue weighted by atomic mass is 10.1. The molecule has 0 aromatic heterocycles. The number of hydrogen-bond donors (Lipinski definition) is 0. The van der Waals surface area contributed by atoms with Crippen LogP contribution in [-0.2, 0) is 11.3 Å². The van der Waals surface area contributed by atoms with Gasteiger partial charge in [-0.1, -0.05) is 6.92 Å². The van der Waals surface area contributed by atoms with Crippen molar-refractivity contribution in [3.8, 4) is 11.5 Å². The van der Waals surface area contributed by atoms with Crippen LogP contribution in [0.25, 0.3) is 0 Å². The van der Waals surface area contributed by atoms with Gasteiger partial charge < -0.3 is 24.0 Å². The third-order valence-electron chi connectivity index (χ3n) is 5.14. The lowest BCUT2D eigenvalue weighted by molar-refractivity contribution is 0.0746. The minimum absolute atomic E-state index is 0.0544. The van der Waals surface area contributed by atoms with Crippen molar-refractivity contribution >= 4 is 11.6 Å². The van der Waals surface area contributed by atoms with Gasteiger partial charge in [0.05, 0.1) is 20.8 Å². The smallest absolute Gasteiger partial charge is 0.253 e. The van der Waals surface area contributed by atoms with Crippen molar-refractivity contribution < 1.29 is 19.0 Å². The number of anilines is 1. The number of methoxy groups -OCH3 is 2. The van der Waals surface area contributed by atoms with Crippen molar-refractivity contribution in [2.24, 2.45) is 0 Å². The van der Waals surface area contributed by atoms with Crippen molar-refractivity contribution in [2.45, 2.75) is 20.0 Å². The molecule has 1 heterocycles. The molecule has 3 rings (SSSR count). The first-order valence-electron chi connectivity index (χ1n) is 10.1. The van der Waals surface area contributed by atoms with E-state index in [1.54, 1.807) is 14.2 Å². The largest absolute Gasteiger partial charge is 0.497 e. The molecule has 0 saturated carbocycles. The summed E-state index contributed by atoms with van der Waals surface area (Å²) in [5.74, 6) is 1.65. The van der Waals surface area contributed by atoms with E-state index in [0.29, 0.717) is 31.9 Å². The molecule has 0 N–H and O–H groups in total. The van der Waals surface area contributed by atoms with Crippen molar-refractivity contribution in [1.29, 1.82) is 0 Å². The van der Waals surface area contributed by atoms with E-state index in [2.05, 4.69) is 24.0 Å².